The van der Waals surface area contributed by atoms with Gasteiger partial charge in [0.1, 0.15) is 17.3 Å². The first-order chi connectivity index (χ1) is 18.8. The van der Waals surface area contributed by atoms with Crippen molar-refractivity contribution < 1.29 is 19.1 Å². The molecule has 39 heavy (non-hydrogen) atoms. The molecule has 206 valence electrons. The van der Waals surface area contributed by atoms with Crippen LogP contribution in [0.2, 0.25) is 0 Å². The number of hydrogen-bond donors (Lipinski definition) is 3. The van der Waals surface area contributed by atoms with E-state index in [1.807, 2.05) is 19.3 Å². The lowest BCUT2D eigenvalue weighted by atomic mass is 9.87. The van der Waals surface area contributed by atoms with Crippen LogP contribution in [0.15, 0.2) is 48.9 Å². The van der Waals surface area contributed by atoms with E-state index in [2.05, 4.69) is 15.4 Å². The topological polar surface area (TPSA) is 151 Å². The second-order valence-electron chi connectivity index (χ2n) is 10.4. The number of likely N-dealkylation sites (tertiary alicyclic amines) is 1. The Balaban J connectivity index is 1.13. The predicted molar refractivity (Wildman–Crippen MR) is 146 cm³/mol. The minimum Gasteiger partial charge on any atom is -0.493 e. The molecule has 2 aromatic heterocycles. The fraction of sp³-hybridized carbons (Fsp3) is 0.429. The van der Waals surface area contributed by atoms with E-state index in [0.29, 0.717) is 49.6 Å². The molecule has 11 heteroatoms. The molecule has 1 aliphatic heterocycles. The summed E-state index contributed by atoms with van der Waals surface area (Å²) in [6.07, 6.45) is 9.49. The quantitative estimate of drug-likeness (QED) is 0.419. The zero-order valence-corrected chi connectivity index (χ0v) is 22.1. The van der Waals surface area contributed by atoms with E-state index in [0.717, 1.165) is 36.8 Å². The maximum Gasteiger partial charge on any atom is 0.415 e. The minimum absolute atomic E-state index is 0.142. The van der Waals surface area contributed by atoms with Gasteiger partial charge in [0.15, 0.2) is 0 Å². The first-order valence-corrected chi connectivity index (χ1v) is 13.3. The Morgan fingerprint density at radius 2 is 1.87 bits per heavy atom. The molecule has 0 bridgehead atoms. The van der Waals surface area contributed by atoms with Gasteiger partial charge in [0.25, 0.3) is 5.91 Å². The van der Waals surface area contributed by atoms with Gasteiger partial charge in [-0.05, 0) is 56.2 Å². The van der Waals surface area contributed by atoms with Crippen LogP contribution < -0.4 is 26.3 Å². The zero-order chi connectivity index (χ0) is 27.4. The monoisotopic (exact) mass is 533 g/mol. The number of nitrogen functional groups attached to an aromatic ring is 1. The molecule has 11 nitrogen and oxygen atoms in total. The Morgan fingerprint density at radius 3 is 2.64 bits per heavy atom. The number of carbonyl (C=O) groups excluding carboxylic acids is 2. The first kappa shape index (κ1) is 26.5. The number of rotatable bonds is 7. The minimum atomic E-state index is -0.468. The van der Waals surface area contributed by atoms with Crippen LogP contribution in [0.4, 0.5) is 10.6 Å². The number of hydrogen-bond acceptors (Lipinski definition) is 8. The Hall–Kier alpha value is -4.12. The highest BCUT2D eigenvalue weighted by Gasteiger charge is 2.29. The van der Waals surface area contributed by atoms with Gasteiger partial charge >= 0.3 is 6.09 Å². The Bertz CT molecular complexity index is 1320. The van der Waals surface area contributed by atoms with Crippen LogP contribution >= 0.6 is 0 Å². The summed E-state index contributed by atoms with van der Waals surface area (Å²) in [7, 11) is 1.82. The molecule has 1 aromatic carbocycles. The molecule has 2 amide bonds. The van der Waals surface area contributed by atoms with Crippen molar-refractivity contribution >= 4 is 17.8 Å². The number of aromatic nitrogens is 3. The largest absolute Gasteiger partial charge is 0.493 e. The van der Waals surface area contributed by atoms with Gasteiger partial charge in [-0.3, -0.25) is 9.48 Å². The number of nitrogens with two attached hydrogens (primary N) is 2. The molecule has 2 aliphatic rings. The number of nitrogens with one attached hydrogen (secondary N) is 1. The second-order valence-corrected chi connectivity index (χ2v) is 10.4. The van der Waals surface area contributed by atoms with Crippen molar-refractivity contribution in [1.82, 2.24) is 25.0 Å². The molecular formula is C28H35N7O4. The molecule has 1 saturated heterocycles. The molecule has 0 radical (unpaired) electrons. The van der Waals surface area contributed by atoms with E-state index in [1.54, 1.807) is 46.2 Å². The van der Waals surface area contributed by atoms with Gasteiger partial charge in [0.2, 0.25) is 0 Å². The molecule has 3 heterocycles. The summed E-state index contributed by atoms with van der Waals surface area (Å²) in [6.45, 7) is 1.43. The van der Waals surface area contributed by atoms with Crippen molar-refractivity contribution in [3.05, 3.63) is 54.5 Å². The van der Waals surface area contributed by atoms with E-state index < -0.39 is 6.09 Å². The van der Waals surface area contributed by atoms with E-state index in [4.69, 9.17) is 20.9 Å². The summed E-state index contributed by atoms with van der Waals surface area (Å²) in [4.78, 5) is 31.6. The summed E-state index contributed by atoms with van der Waals surface area (Å²) >= 11 is 0. The van der Waals surface area contributed by atoms with E-state index in [9.17, 15) is 9.59 Å². The van der Waals surface area contributed by atoms with Gasteiger partial charge in [0, 0.05) is 61.8 Å². The summed E-state index contributed by atoms with van der Waals surface area (Å²) in [5.41, 5.74) is 13.8. The molecule has 0 spiro atoms. The fourth-order valence-electron chi connectivity index (χ4n) is 5.05. The fourth-order valence-corrected chi connectivity index (χ4v) is 5.05. The third-order valence-corrected chi connectivity index (χ3v) is 7.37. The van der Waals surface area contributed by atoms with Gasteiger partial charge < -0.3 is 31.2 Å². The van der Waals surface area contributed by atoms with Crippen molar-refractivity contribution in [2.24, 2.45) is 18.7 Å². The highest BCUT2D eigenvalue weighted by atomic mass is 16.6. The van der Waals surface area contributed by atoms with Crippen molar-refractivity contribution in [3.8, 4) is 22.6 Å². The van der Waals surface area contributed by atoms with Crippen LogP contribution in [0.5, 0.6) is 11.5 Å². The molecule has 1 aliphatic carbocycles. The summed E-state index contributed by atoms with van der Waals surface area (Å²) < 4.78 is 13.2. The van der Waals surface area contributed by atoms with Gasteiger partial charge in [-0.15, -0.1) is 0 Å². The third kappa shape index (κ3) is 6.66. The number of nitrogens with zero attached hydrogens (tertiary/aromatic N) is 4. The number of amides is 2. The first-order valence-electron chi connectivity index (χ1n) is 13.3. The molecule has 0 unspecified atom stereocenters. The SMILES string of the molecule is Cn1cc(-c2cnc(N)c(C(=O)N[C@@H]3CCN(C(=O)Oc4cccc(OCC5CCC(N)CC5)c4)C3)c2)cn1. The van der Waals surface area contributed by atoms with Gasteiger partial charge in [-0.25, -0.2) is 9.78 Å². The lowest BCUT2D eigenvalue weighted by Crippen LogP contribution is -2.39. The maximum atomic E-state index is 13.0. The number of benzene rings is 1. The molecular weight excluding hydrogens is 498 g/mol. The van der Waals surface area contributed by atoms with Gasteiger partial charge in [0.05, 0.1) is 18.4 Å². The number of anilines is 1. The average molecular weight is 534 g/mol. The Morgan fingerprint density at radius 1 is 1.08 bits per heavy atom. The third-order valence-electron chi connectivity index (χ3n) is 7.37. The number of carbonyl (C=O) groups is 2. The normalized spacial score (nSPS) is 21.0. The summed E-state index contributed by atoms with van der Waals surface area (Å²) in [5, 5.41) is 7.13. The van der Waals surface area contributed by atoms with Crippen molar-refractivity contribution in [2.45, 2.75) is 44.2 Å². The van der Waals surface area contributed by atoms with Gasteiger partial charge in [-0.2, -0.15) is 5.10 Å². The number of ether oxygens (including phenoxy) is 2. The number of pyridine rings is 1. The molecule has 1 saturated carbocycles. The smallest absolute Gasteiger partial charge is 0.415 e. The second kappa shape index (κ2) is 11.7. The predicted octanol–water partition coefficient (Wildman–Crippen LogP) is 2.96. The van der Waals surface area contributed by atoms with Crippen LogP contribution in [0.3, 0.4) is 0 Å². The summed E-state index contributed by atoms with van der Waals surface area (Å²) in [6, 6.07) is 8.90. The van der Waals surface area contributed by atoms with Crippen molar-refractivity contribution in [3.63, 3.8) is 0 Å². The lowest BCUT2D eigenvalue weighted by molar-refractivity contribution is 0.0937. The van der Waals surface area contributed by atoms with Gasteiger partial charge in [-0.1, -0.05) is 6.07 Å². The Kier molecular flexibility index (Phi) is 7.97. The molecule has 5 N–H and O–H groups in total. The van der Waals surface area contributed by atoms with Crippen LogP contribution in [0, 0.1) is 5.92 Å². The lowest BCUT2D eigenvalue weighted by Gasteiger charge is -2.26. The van der Waals surface area contributed by atoms with E-state index >= 15 is 0 Å². The maximum absolute atomic E-state index is 13.0. The zero-order valence-electron chi connectivity index (χ0n) is 22.1. The van der Waals surface area contributed by atoms with Crippen molar-refractivity contribution in [2.75, 3.05) is 25.4 Å². The van der Waals surface area contributed by atoms with Crippen LogP contribution in [-0.4, -0.2) is 63.4 Å². The van der Waals surface area contributed by atoms with E-state index in [1.165, 1.54) is 0 Å². The summed E-state index contributed by atoms with van der Waals surface area (Å²) in [5.74, 6) is 1.39. The van der Waals surface area contributed by atoms with Crippen molar-refractivity contribution in [1.29, 1.82) is 0 Å². The molecule has 2 fully saturated rings. The van der Waals surface area contributed by atoms with E-state index in [-0.39, 0.29) is 23.3 Å². The van der Waals surface area contributed by atoms with Crippen LogP contribution in [0.1, 0.15) is 42.5 Å². The highest BCUT2D eigenvalue weighted by Crippen LogP contribution is 2.26. The molecule has 5 rings (SSSR count). The standard InChI is InChI=1S/C28H35N7O4/c1-34-15-20(14-32-34)19-11-25(26(30)31-13-19)27(36)33-22-9-10-35(16-22)28(37)39-24-4-2-3-23(12-24)38-17-18-5-7-21(29)8-6-18/h2-4,11-15,18,21-22H,5-10,16-17,29H2,1H3,(H2,30,31)(H,33,36)/t18?,21?,22-/m1/s1. The molecule has 1 atom stereocenters. The highest BCUT2D eigenvalue weighted by molar-refractivity contribution is 5.99. The number of aryl methyl sites for hydroxylation is 1. The Labute approximate surface area is 227 Å². The molecule has 3 aromatic rings. The van der Waals surface area contributed by atoms with Crippen LogP contribution in [-0.2, 0) is 7.05 Å². The average Bonchev–Trinajstić information content (AvgIpc) is 3.58. The van der Waals surface area contributed by atoms with Crippen LogP contribution in [0.25, 0.3) is 11.1 Å².